The molecule has 1 aliphatic carbocycles. The standard InChI is InChI=1S/C32H29F3N6O6/c1-15-38-21-9-16(4-7-22(21)47-15)26-27-20(30(2,14-46-27)29(36)43)11-24(39-26)31(44,32(33,34)35)13-37-28(42)17-8-18-12-41(19-5-6-19)40-25(18)23(10-17)45-3/h4,7-12,19,44H,5-6,13-14H2,1-3H3,(H2,36,43)(H,37,42)/t30-,31?/m0/s1. The highest BCUT2D eigenvalue weighted by atomic mass is 19.4. The van der Waals surface area contributed by atoms with Crippen LogP contribution in [0.1, 0.15) is 53.3 Å². The van der Waals surface area contributed by atoms with Gasteiger partial charge in [0.2, 0.25) is 11.5 Å². The number of halogens is 3. The monoisotopic (exact) mass is 650 g/mol. The second-order valence-electron chi connectivity index (χ2n) is 12.1. The molecule has 2 aromatic carbocycles. The third kappa shape index (κ3) is 4.92. The molecule has 7 rings (SSSR count). The molecule has 0 spiro atoms. The van der Waals surface area contributed by atoms with E-state index in [9.17, 15) is 27.9 Å². The first kappa shape index (κ1) is 30.5. The molecule has 1 saturated carbocycles. The molecule has 0 radical (unpaired) electrons. The van der Waals surface area contributed by atoms with Crippen LogP contribution in [-0.2, 0) is 15.8 Å². The van der Waals surface area contributed by atoms with Crippen LogP contribution >= 0.6 is 0 Å². The first-order chi connectivity index (χ1) is 22.2. The second-order valence-corrected chi connectivity index (χ2v) is 12.1. The van der Waals surface area contributed by atoms with Gasteiger partial charge in [0.1, 0.15) is 40.2 Å². The number of nitrogens with one attached hydrogen (secondary N) is 1. The molecule has 2 aliphatic rings. The van der Waals surface area contributed by atoms with Gasteiger partial charge >= 0.3 is 6.18 Å². The van der Waals surface area contributed by atoms with E-state index in [2.05, 4.69) is 20.4 Å². The molecular formula is C32H29F3N6O6. The third-order valence-electron chi connectivity index (χ3n) is 8.78. The van der Waals surface area contributed by atoms with Gasteiger partial charge in [0.25, 0.3) is 5.91 Å². The van der Waals surface area contributed by atoms with Gasteiger partial charge in [-0.15, -0.1) is 0 Å². The summed E-state index contributed by atoms with van der Waals surface area (Å²) in [5, 5.41) is 18.7. The Morgan fingerprint density at radius 2 is 1.96 bits per heavy atom. The number of primary amides is 1. The predicted molar refractivity (Wildman–Crippen MR) is 161 cm³/mol. The van der Waals surface area contributed by atoms with Crippen molar-refractivity contribution in [2.24, 2.45) is 5.73 Å². The van der Waals surface area contributed by atoms with E-state index in [1.165, 1.54) is 26.2 Å². The van der Waals surface area contributed by atoms with Gasteiger partial charge in [-0.3, -0.25) is 14.3 Å². The van der Waals surface area contributed by atoms with Crippen LogP contribution in [0.15, 0.2) is 47.0 Å². The van der Waals surface area contributed by atoms with Crippen molar-refractivity contribution in [3.8, 4) is 22.8 Å². The largest absolute Gasteiger partial charge is 0.494 e. The van der Waals surface area contributed by atoms with Crippen LogP contribution in [-0.4, -0.2) is 63.1 Å². The molecule has 4 N–H and O–H groups in total. The fourth-order valence-corrected chi connectivity index (χ4v) is 5.77. The molecule has 244 valence electrons. The van der Waals surface area contributed by atoms with Gasteiger partial charge in [-0.25, -0.2) is 9.97 Å². The Hall–Kier alpha value is -5.18. The Morgan fingerprint density at radius 3 is 2.64 bits per heavy atom. The fraction of sp³-hybridized carbons (Fsp3) is 0.344. The molecule has 1 aliphatic heterocycles. The molecule has 3 aromatic heterocycles. The smallest absolute Gasteiger partial charge is 0.424 e. The van der Waals surface area contributed by atoms with Crippen LogP contribution in [0, 0.1) is 6.92 Å². The van der Waals surface area contributed by atoms with Crippen LogP contribution in [0.5, 0.6) is 11.5 Å². The number of amides is 2. The summed E-state index contributed by atoms with van der Waals surface area (Å²) in [6.07, 6.45) is -1.64. The highest BCUT2D eigenvalue weighted by molar-refractivity contribution is 6.00. The van der Waals surface area contributed by atoms with Crippen molar-refractivity contribution in [2.45, 2.75) is 49.9 Å². The lowest BCUT2D eigenvalue weighted by molar-refractivity contribution is -0.265. The van der Waals surface area contributed by atoms with Crippen molar-refractivity contribution < 1.29 is 41.8 Å². The number of aliphatic hydroxyl groups is 1. The van der Waals surface area contributed by atoms with Gasteiger partial charge in [0.05, 0.1) is 25.4 Å². The van der Waals surface area contributed by atoms with Gasteiger partial charge in [0.15, 0.2) is 11.5 Å². The molecule has 15 heteroatoms. The van der Waals surface area contributed by atoms with E-state index in [0.29, 0.717) is 33.5 Å². The number of benzene rings is 2. The average molecular weight is 651 g/mol. The van der Waals surface area contributed by atoms with E-state index < -0.39 is 41.2 Å². The highest BCUT2D eigenvalue weighted by Crippen LogP contribution is 2.48. The summed E-state index contributed by atoms with van der Waals surface area (Å²) in [6, 6.07) is 8.74. The normalized spacial score (nSPS) is 19.0. The average Bonchev–Trinajstić information content (AvgIpc) is 3.53. The van der Waals surface area contributed by atoms with Crippen LogP contribution < -0.4 is 20.5 Å². The molecule has 47 heavy (non-hydrogen) atoms. The Labute approximate surface area is 264 Å². The minimum Gasteiger partial charge on any atom is -0.494 e. The maximum absolute atomic E-state index is 14.9. The van der Waals surface area contributed by atoms with Gasteiger partial charge in [-0.1, -0.05) is 0 Å². The van der Waals surface area contributed by atoms with Crippen LogP contribution in [0.25, 0.3) is 33.3 Å². The molecule has 5 aromatic rings. The highest BCUT2D eigenvalue weighted by Gasteiger charge is 2.57. The number of rotatable bonds is 8. The summed E-state index contributed by atoms with van der Waals surface area (Å²) in [5.74, 6) is -1.06. The molecule has 1 unspecified atom stereocenters. The first-order valence-electron chi connectivity index (χ1n) is 14.7. The van der Waals surface area contributed by atoms with Gasteiger partial charge in [-0.2, -0.15) is 18.3 Å². The van der Waals surface area contributed by atoms with Crippen LogP contribution in [0.4, 0.5) is 13.2 Å². The number of carbonyl (C=O) groups excluding carboxylic acids is 2. The number of ether oxygens (including phenoxy) is 2. The number of oxazole rings is 1. The zero-order valence-electron chi connectivity index (χ0n) is 25.4. The molecule has 1 fully saturated rings. The van der Waals surface area contributed by atoms with E-state index in [1.54, 1.807) is 36.0 Å². The van der Waals surface area contributed by atoms with Crippen molar-refractivity contribution in [1.82, 2.24) is 25.1 Å². The number of aryl methyl sites for hydroxylation is 1. The summed E-state index contributed by atoms with van der Waals surface area (Å²) < 4.78 is 63.2. The molecule has 0 bridgehead atoms. The molecule has 2 amide bonds. The lowest BCUT2D eigenvalue weighted by Gasteiger charge is -2.31. The molecule has 2 atom stereocenters. The minimum atomic E-state index is -5.33. The number of hydrogen-bond donors (Lipinski definition) is 3. The summed E-state index contributed by atoms with van der Waals surface area (Å²) in [5.41, 5.74) is 1.15. The lowest BCUT2D eigenvalue weighted by Crippen LogP contribution is -2.51. The number of carbonyl (C=O) groups is 2. The van der Waals surface area contributed by atoms with Crippen molar-refractivity contribution in [3.05, 3.63) is 65.3 Å². The van der Waals surface area contributed by atoms with Crippen molar-refractivity contribution in [1.29, 1.82) is 0 Å². The number of nitrogens with two attached hydrogens (primary N) is 1. The number of fused-ring (bicyclic) bond motifs is 3. The summed E-state index contributed by atoms with van der Waals surface area (Å²) in [4.78, 5) is 34.4. The van der Waals surface area contributed by atoms with E-state index in [4.69, 9.17) is 19.6 Å². The third-order valence-corrected chi connectivity index (χ3v) is 8.78. The number of hydrogen-bond acceptors (Lipinski definition) is 9. The van der Waals surface area contributed by atoms with E-state index in [1.807, 2.05) is 0 Å². The predicted octanol–water partition coefficient (Wildman–Crippen LogP) is 4.21. The Balaban J connectivity index is 1.29. The van der Waals surface area contributed by atoms with E-state index >= 15 is 0 Å². The van der Waals surface area contributed by atoms with Crippen molar-refractivity contribution in [3.63, 3.8) is 0 Å². The molecular weight excluding hydrogens is 621 g/mol. The number of pyridine rings is 1. The number of aromatic nitrogens is 4. The second kappa shape index (κ2) is 10.4. The number of alkyl halides is 3. The number of methoxy groups -OCH3 is 1. The van der Waals surface area contributed by atoms with Crippen LogP contribution in [0.2, 0.25) is 0 Å². The zero-order chi connectivity index (χ0) is 33.5. The van der Waals surface area contributed by atoms with Gasteiger partial charge in [-0.05, 0) is 56.2 Å². The minimum absolute atomic E-state index is 0.00253. The summed E-state index contributed by atoms with van der Waals surface area (Å²) in [7, 11) is 1.40. The van der Waals surface area contributed by atoms with Crippen molar-refractivity contribution >= 4 is 33.8 Å². The fourth-order valence-electron chi connectivity index (χ4n) is 5.77. The maximum Gasteiger partial charge on any atom is 0.424 e. The lowest BCUT2D eigenvalue weighted by atomic mass is 9.81. The molecule has 12 nitrogen and oxygen atoms in total. The number of nitrogens with zero attached hydrogens (tertiary/aromatic N) is 4. The summed E-state index contributed by atoms with van der Waals surface area (Å²) in [6.45, 7) is 1.51. The Bertz CT molecular complexity index is 2100. The Morgan fingerprint density at radius 1 is 1.19 bits per heavy atom. The summed E-state index contributed by atoms with van der Waals surface area (Å²) >= 11 is 0. The van der Waals surface area contributed by atoms with Crippen LogP contribution in [0.3, 0.4) is 0 Å². The maximum atomic E-state index is 14.9. The molecule has 4 heterocycles. The molecule has 0 saturated heterocycles. The van der Waals surface area contributed by atoms with Crippen molar-refractivity contribution in [2.75, 3.05) is 20.3 Å². The van der Waals surface area contributed by atoms with Gasteiger partial charge < -0.3 is 30.0 Å². The van der Waals surface area contributed by atoms with E-state index in [0.717, 1.165) is 18.9 Å². The Kier molecular flexibility index (Phi) is 6.75. The first-order valence-corrected chi connectivity index (χ1v) is 14.7. The topological polar surface area (TPSA) is 168 Å². The van der Waals surface area contributed by atoms with Gasteiger partial charge in [0, 0.05) is 35.2 Å². The van der Waals surface area contributed by atoms with E-state index in [-0.39, 0.29) is 41.0 Å². The zero-order valence-corrected chi connectivity index (χ0v) is 25.4. The SMILES string of the molecule is COc1cc(C(=O)NCC(O)(c2cc3c(c(-c4ccc5oc(C)nc5c4)n2)OC[C@]3(C)C(N)=O)C(F)(F)F)cc2cn(C3CC3)nc12. The quantitative estimate of drug-likeness (QED) is 0.223.